The molecule has 0 bridgehead atoms. The molecule has 116 valence electrons. The molecule has 0 aromatic carbocycles. The Morgan fingerprint density at radius 2 is 1.11 bits per heavy atom. The summed E-state index contributed by atoms with van der Waals surface area (Å²) in [6.45, 7) is 5.05. The Kier molecular flexibility index (Phi) is 14.9. The molecule has 0 saturated heterocycles. The highest BCUT2D eigenvalue weighted by molar-refractivity contribution is 8.00. The number of aliphatic hydroxyl groups is 2. The smallest absolute Gasteiger partial charge is 0.0441 e. The summed E-state index contributed by atoms with van der Waals surface area (Å²) in [5.41, 5.74) is 0. The highest BCUT2D eigenvalue weighted by Crippen LogP contribution is 2.30. The summed E-state index contributed by atoms with van der Waals surface area (Å²) < 4.78 is 0. The molecule has 0 aromatic heterocycles. The van der Waals surface area contributed by atoms with Crippen molar-refractivity contribution in [3.8, 4) is 0 Å². The SMILES string of the molecule is CCCCCC(CCO)SC(CCO)CCCCC. The van der Waals surface area contributed by atoms with E-state index in [1.165, 1.54) is 51.4 Å². The van der Waals surface area contributed by atoms with Crippen molar-refractivity contribution in [1.82, 2.24) is 0 Å². The predicted molar refractivity (Wildman–Crippen MR) is 86.9 cm³/mol. The van der Waals surface area contributed by atoms with Crippen molar-refractivity contribution in [2.45, 2.75) is 88.6 Å². The summed E-state index contributed by atoms with van der Waals surface area (Å²) in [4.78, 5) is 0. The molecule has 0 radical (unpaired) electrons. The van der Waals surface area contributed by atoms with Gasteiger partial charge in [-0.1, -0.05) is 52.4 Å². The Morgan fingerprint density at radius 3 is 1.42 bits per heavy atom. The fourth-order valence-electron chi connectivity index (χ4n) is 2.37. The van der Waals surface area contributed by atoms with Crippen molar-refractivity contribution in [2.75, 3.05) is 13.2 Å². The van der Waals surface area contributed by atoms with E-state index in [9.17, 15) is 10.2 Å². The standard InChI is InChI=1S/C16H34O2S/c1-3-5-7-9-15(11-13-17)19-16(12-14-18)10-8-6-4-2/h15-18H,3-14H2,1-2H3. The van der Waals surface area contributed by atoms with Gasteiger partial charge < -0.3 is 10.2 Å². The Morgan fingerprint density at radius 1 is 0.684 bits per heavy atom. The lowest BCUT2D eigenvalue weighted by atomic mass is 10.1. The molecule has 3 heteroatoms. The van der Waals surface area contributed by atoms with Gasteiger partial charge in [0.25, 0.3) is 0 Å². The molecule has 19 heavy (non-hydrogen) atoms. The first-order chi connectivity index (χ1) is 9.28. The van der Waals surface area contributed by atoms with Gasteiger partial charge in [0.1, 0.15) is 0 Å². The third-order valence-corrected chi connectivity index (χ3v) is 5.26. The lowest BCUT2D eigenvalue weighted by molar-refractivity contribution is 0.281. The van der Waals surface area contributed by atoms with Gasteiger partial charge in [-0.05, 0) is 25.7 Å². The van der Waals surface area contributed by atoms with E-state index >= 15 is 0 Å². The average Bonchev–Trinajstić information content (AvgIpc) is 2.39. The zero-order chi connectivity index (χ0) is 14.3. The monoisotopic (exact) mass is 290 g/mol. The molecule has 0 rings (SSSR count). The minimum Gasteiger partial charge on any atom is -0.396 e. The van der Waals surface area contributed by atoms with Crippen LogP contribution in [0.15, 0.2) is 0 Å². The summed E-state index contributed by atoms with van der Waals surface area (Å²) >= 11 is 2.02. The van der Waals surface area contributed by atoms with E-state index in [2.05, 4.69) is 13.8 Å². The minimum absolute atomic E-state index is 0.296. The van der Waals surface area contributed by atoms with Crippen LogP contribution in [-0.4, -0.2) is 33.9 Å². The van der Waals surface area contributed by atoms with Gasteiger partial charge in [-0.2, -0.15) is 11.8 Å². The molecule has 0 aliphatic carbocycles. The molecule has 0 spiro atoms. The molecule has 0 aliphatic rings. The van der Waals surface area contributed by atoms with Crippen LogP contribution in [0.3, 0.4) is 0 Å². The summed E-state index contributed by atoms with van der Waals surface area (Å²) in [6.07, 6.45) is 11.9. The van der Waals surface area contributed by atoms with E-state index in [4.69, 9.17) is 0 Å². The fourth-order valence-corrected chi connectivity index (χ4v) is 4.00. The molecule has 2 unspecified atom stereocenters. The third kappa shape index (κ3) is 11.8. The first-order valence-electron chi connectivity index (χ1n) is 8.15. The quantitative estimate of drug-likeness (QED) is 0.466. The number of thioether (sulfide) groups is 1. The molecule has 0 amide bonds. The molecule has 2 atom stereocenters. The maximum Gasteiger partial charge on any atom is 0.0441 e. The van der Waals surface area contributed by atoms with Crippen LogP contribution in [0.25, 0.3) is 0 Å². The lowest BCUT2D eigenvalue weighted by Crippen LogP contribution is -2.14. The average molecular weight is 291 g/mol. The first-order valence-corrected chi connectivity index (χ1v) is 9.09. The van der Waals surface area contributed by atoms with Crippen molar-refractivity contribution in [1.29, 1.82) is 0 Å². The molecule has 0 aromatic rings. The maximum absolute atomic E-state index is 9.19. The Labute approximate surface area is 124 Å². The lowest BCUT2D eigenvalue weighted by Gasteiger charge is -2.22. The number of hydrogen-bond acceptors (Lipinski definition) is 3. The van der Waals surface area contributed by atoms with Gasteiger partial charge in [-0.15, -0.1) is 0 Å². The summed E-state index contributed by atoms with van der Waals surface area (Å²) in [6, 6.07) is 0. The summed E-state index contributed by atoms with van der Waals surface area (Å²) in [7, 11) is 0. The van der Waals surface area contributed by atoms with Gasteiger partial charge >= 0.3 is 0 Å². The van der Waals surface area contributed by atoms with E-state index < -0.39 is 0 Å². The maximum atomic E-state index is 9.19. The second-order valence-corrected chi connectivity index (χ2v) is 7.00. The minimum atomic E-state index is 0.296. The molecule has 0 saturated carbocycles. The molecule has 2 N–H and O–H groups in total. The third-order valence-electron chi connectivity index (χ3n) is 3.55. The molecular weight excluding hydrogens is 256 g/mol. The van der Waals surface area contributed by atoms with Crippen LogP contribution in [0, 0.1) is 0 Å². The van der Waals surface area contributed by atoms with Crippen LogP contribution in [0.4, 0.5) is 0 Å². The van der Waals surface area contributed by atoms with E-state index in [0.29, 0.717) is 23.7 Å². The van der Waals surface area contributed by atoms with Crippen LogP contribution >= 0.6 is 11.8 Å². The number of hydrogen-bond donors (Lipinski definition) is 2. The van der Waals surface area contributed by atoms with Crippen LogP contribution in [0.1, 0.15) is 78.1 Å². The zero-order valence-electron chi connectivity index (χ0n) is 12.9. The van der Waals surface area contributed by atoms with Crippen molar-refractivity contribution in [2.24, 2.45) is 0 Å². The van der Waals surface area contributed by atoms with Crippen molar-refractivity contribution in [3.05, 3.63) is 0 Å². The normalized spacial score (nSPS) is 14.5. The van der Waals surface area contributed by atoms with E-state index in [1.54, 1.807) is 0 Å². The van der Waals surface area contributed by atoms with Gasteiger partial charge in [0, 0.05) is 23.7 Å². The van der Waals surface area contributed by atoms with Crippen LogP contribution < -0.4 is 0 Å². The second kappa shape index (κ2) is 14.7. The van der Waals surface area contributed by atoms with Gasteiger partial charge in [0.2, 0.25) is 0 Å². The zero-order valence-corrected chi connectivity index (χ0v) is 13.8. The Bertz CT molecular complexity index is 158. The topological polar surface area (TPSA) is 40.5 Å². The largest absolute Gasteiger partial charge is 0.396 e. The highest BCUT2D eigenvalue weighted by atomic mass is 32.2. The molecule has 2 nitrogen and oxygen atoms in total. The second-order valence-electron chi connectivity index (χ2n) is 5.40. The van der Waals surface area contributed by atoms with Gasteiger partial charge in [0.15, 0.2) is 0 Å². The first kappa shape index (κ1) is 19.3. The van der Waals surface area contributed by atoms with Crippen molar-refractivity contribution < 1.29 is 10.2 Å². The predicted octanol–water partition coefficient (Wildman–Crippen LogP) is 4.38. The van der Waals surface area contributed by atoms with Gasteiger partial charge in [0.05, 0.1) is 0 Å². The Balaban J connectivity index is 4.05. The Hall–Kier alpha value is 0.270. The van der Waals surface area contributed by atoms with Crippen molar-refractivity contribution in [3.63, 3.8) is 0 Å². The van der Waals surface area contributed by atoms with Gasteiger partial charge in [-0.25, -0.2) is 0 Å². The number of rotatable bonds is 14. The van der Waals surface area contributed by atoms with Crippen LogP contribution in [-0.2, 0) is 0 Å². The summed E-state index contributed by atoms with van der Waals surface area (Å²) in [5.74, 6) is 0. The molecular formula is C16H34O2S. The number of unbranched alkanes of at least 4 members (excludes halogenated alkanes) is 4. The molecule has 0 heterocycles. The van der Waals surface area contributed by atoms with E-state index in [0.717, 1.165) is 12.8 Å². The van der Waals surface area contributed by atoms with Gasteiger partial charge in [-0.3, -0.25) is 0 Å². The fraction of sp³-hybridized carbons (Fsp3) is 1.00. The van der Waals surface area contributed by atoms with Crippen LogP contribution in [0.5, 0.6) is 0 Å². The van der Waals surface area contributed by atoms with Crippen molar-refractivity contribution >= 4 is 11.8 Å². The molecule has 0 aliphatic heterocycles. The highest BCUT2D eigenvalue weighted by Gasteiger charge is 2.16. The summed E-state index contributed by atoms with van der Waals surface area (Å²) in [5, 5.41) is 19.5. The van der Waals surface area contributed by atoms with E-state index in [1.807, 2.05) is 11.8 Å². The molecule has 0 fully saturated rings. The van der Waals surface area contributed by atoms with Crippen LogP contribution in [0.2, 0.25) is 0 Å². The number of aliphatic hydroxyl groups excluding tert-OH is 2. The van der Waals surface area contributed by atoms with E-state index in [-0.39, 0.29) is 0 Å².